The Kier molecular flexibility index (Phi) is 4.73. The maximum atomic E-state index is 12.2. The van der Waals surface area contributed by atoms with Crippen LogP contribution in [0.4, 0.5) is 0 Å². The van der Waals surface area contributed by atoms with Gasteiger partial charge < -0.3 is 19.5 Å². The first-order chi connectivity index (χ1) is 10.7. The number of likely N-dealkylation sites (tertiary alicyclic amines) is 1. The largest absolute Gasteiger partial charge is 0.384 e. The summed E-state index contributed by atoms with van der Waals surface area (Å²) in [6, 6.07) is 0. The maximum absolute atomic E-state index is 12.2. The van der Waals surface area contributed by atoms with Crippen LogP contribution in [0, 0.1) is 5.41 Å². The number of rotatable bonds is 5. The molecule has 2 saturated heterocycles. The molecule has 0 bridgehead atoms. The first-order valence-corrected chi connectivity index (χ1v) is 8.00. The Hall–Kier alpha value is -1.47. The number of nitrogens with one attached hydrogen (secondary N) is 1. The molecule has 0 radical (unpaired) electrons. The number of aromatic nitrogens is 2. The minimum Gasteiger partial charge on any atom is -0.384 e. The lowest BCUT2D eigenvalue weighted by molar-refractivity contribution is -0.139. The fraction of sp³-hybridized carbons (Fsp3) is 0.800. The lowest BCUT2D eigenvalue weighted by Crippen LogP contribution is -2.50. The summed E-state index contributed by atoms with van der Waals surface area (Å²) in [5, 5.41) is 7.38. The molecule has 7 nitrogen and oxygen atoms in total. The van der Waals surface area contributed by atoms with E-state index in [-0.39, 0.29) is 11.3 Å². The van der Waals surface area contributed by atoms with Crippen molar-refractivity contribution in [1.29, 1.82) is 0 Å². The molecule has 0 unspecified atom stereocenters. The molecule has 1 aromatic rings. The van der Waals surface area contributed by atoms with Gasteiger partial charge in [0, 0.05) is 20.1 Å². The van der Waals surface area contributed by atoms with E-state index in [4.69, 9.17) is 9.26 Å². The van der Waals surface area contributed by atoms with Crippen molar-refractivity contribution in [2.45, 2.75) is 38.6 Å². The number of hydrogen-bond acceptors (Lipinski definition) is 6. The first-order valence-electron chi connectivity index (χ1n) is 8.00. The number of ether oxygens (including phenoxy) is 1. The molecule has 0 saturated carbocycles. The van der Waals surface area contributed by atoms with E-state index < -0.39 is 0 Å². The number of carbonyl (C=O) groups excluding carboxylic acids is 1. The molecule has 0 atom stereocenters. The highest BCUT2D eigenvalue weighted by atomic mass is 16.5. The van der Waals surface area contributed by atoms with Crippen LogP contribution >= 0.6 is 0 Å². The molecule has 2 fully saturated rings. The second-order valence-electron chi connectivity index (χ2n) is 6.35. The molecule has 3 rings (SSSR count). The van der Waals surface area contributed by atoms with Gasteiger partial charge in [0.25, 0.3) is 0 Å². The van der Waals surface area contributed by atoms with Crippen molar-refractivity contribution in [2.24, 2.45) is 5.41 Å². The predicted molar refractivity (Wildman–Crippen MR) is 79.1 cm³/mol. The van der Waals surface area contributed by atoms with Gasteiger partial charge in [-0.2, -0.15) is 4.98 Å². The second kappa shape index (κ2) is 6.75. The van der Waals surface area contributed by atoms with Crippen LogP contribution < -0.4 is 5.32 Å². The van der Waals surface area contributed by atoms with E-state index in [1.54, 1.807) is 7.11 Å². The quantitative estimate of drug-likeness (QED) is 0.864. The summed E-state index contributed by atoms with van der Waals surface area (Å²) in [5.74, 6) is 1.36. The Morgan fingerprint density at radius 1 is 1.36 bits per heavy atom. The molecule has 7 heteroatoms. The number of carbonyl (C=O) groups is 1. The average molecular weight is 308 g/mol. The summed E-state index contributed by atoms with van der Waals surface area (Å²) in [6.07, 6.45) is 4.53. The van der Waals surface area contributed by atoms with Gasteiger partial charge >= 0.3 is 0 Å². The van der Waals surface area contributed by atoms with Gasteiger partial charge in [0.05, 0.1) is 19.6 Å². The summed E-state index contributed by atoms with van der Waals surface area (Å²) in [5.41, 5.74) is 0.280. The highest BCUT2D eigenvalue weighted by Gasteiger charge is 2.39. The van der Waals surface area contributed by atoms with E-state index >= 15 is 0 Å². The molecule has 22 heavy (non-hydrogen) atoms. The van der Waals surface area contributed by atoms with Gasteiger partial charge in [-0.25, -0.2) is 0 Å². The Bertz CT molecular complexity index is 511. The van der Waals surface area contributed by atoms with Crippen LogP contribution in [-0.2, 0) is 22.5 Å². The third-order valence-corrected chi connectivity index (χ3v) is 4.77. The topological polar surface area (TPSA) is 80.5 Å². The van der Waals surface area contributed by atoms with Gasteiger partial charge in [0.15, 0.2) is 5.82 Å². The fourth-order valence-electron chi connectivity index (χ4n) is 3.43. The monoisotopic (exact) mass is 308 g/mol. The summed E-state index contributed by atoms with van der Waals surface area (Å²) in [6.45, 7) is 3.91. The fourth-order valence-corrected chi connectivity index (χ4v) is 3.43. The van der Waals surface area contributed by atoms with Crippen molar-refractivity contribution in [3.8, 4) is 0 Å². The standard InChI is InChI=1S/C15H24N4O3/c1-21-9-3-13-17-12(18-22-13)10-19-11-15(4-2-14(19)20)5-7-16-8-6-15/h16H,2-11H2,1H3. The molecule has 1 aromatic heterocycles. The smallest absolute Gasteiger partial charge is 0.229 e. The van der Waals surface area contributed by atoms with Crippen molar-refractivity contribution >= 4 is 5.91 Å². The van der Waals surface area contributed by atoms with E-state index in [2.05, 4.69) is 15.5 Å². The molecule has 3 heterocycles. The van der Waals surface area contributed by atoms with Gasteiger partial charge in [-0.05, 0) is 37.8 Å². The molecule has 2 aliphatic heterocycles. The van der Waals surface area contributed by atoms with Crippen molar-refractivity contribution in [2.75, 3.05) is 33.4 Å². The zero-order chi connectivity index (χ0) is 15.4. The molecule has 2 aliphatic rings. The summed E-state index contributed by atoms with van der Waals surface area (Å²) >= 11 is 0. The third-order valence-electron chi connectivity index (χ3n) is 4.77. The van der Waals surface area contributed by atoms with E-state index in [1.165, 1.54) is 0 Å². The average Bonchev–Trinajstić information content (AvgIpc) is 2.97. The maximum Gasteiger partial charge on any atom is 0.229 e. The van der Waals surface area contributed by atoms with Gasteiger partial charge in [-0.15, -0.1) is 0 Å². The van der Waals surface area contributed by atoms with Crippen LogP contribution in [0.3, 0.4) is 0 Å². The molecule has 1 N–H and O–H groups in total. The number of methoxy groups -OCH3 is 1. The van der Waals surface area contributed by atoms with Crippen molar-refractivity contribution in [3.63, 3.8) is 0 Å². The highest BCUT2D eigenvalue weighted by molar-refractivity contribution is 5.77. The Morgan fingerprint density at radius 3 is 2.95 bits per heavy atom. The van der Waals surface area contributed by atoms with Crippen LogP contribution in [0.1, 0.15) is 37.4 Å². The molecule has 122 valence electrons. The normalized spacial score (nSPS) is 21.5. The van der Waals surface area contributed by atoms with Crippen LogP contribution in [-0.4, -0.2) is 54.3 Å². The molecule has 1 amide bonds. The number of hydrogen-bond donors (Lipinski definition) is 1. The van der Waals surface area contributed by atoms with Crippen LogP contribution in [0.25, 0.3) is 0 Å². The molecular weight excluding hydrogens is 284 g/mol. The number of piperidine rings is 2. The number of nitrogens with zero attached hydrogens (tertiary/aromatic N) is 3. The Labute approximate surface area is 130 Å². The molecule has 0 aromatic carbocycles. The molecule has 1 spiro atoms. The van der Waals surface area contributed by atoms with Crippen molar-refractivity contribution in [1.82, 2.24) is 20.4 Å². The molecule has 0 aliphatic carbocycles. The zero-order valence-electron chi connectivity index (χ0n) is 13.1. The van der Waals surface area contributed by atoms with E-state index in [1.807, 2.05) is 4.90 Å². The number of amides is 1. The minimum absolute atomic E-state index is 0.201. The van der Waals surface area contributed by atoms with Gasteiger partial charge in [0.1, 0.15) is 0 Å². The summed E-state index contributed by atoms with van der Waals surface area (Å²) in [4.78, 5) is 18.5. The van der Waals surface area contributed by atoms with Crippen molar-refractivity contribution in [3.05, 3.63) is 11.7 Å². The van der Waals surface area contributed by atoms with Crippen LogP contribution in [0.2, 0.25) is 0 Å². The molecular formula is C15H24N4O3. The second-order valence-corrected chi connectivity index (χ2v) is 6.35. The highest BCUT2D eigenvalue weighted by Crippen LogP contribution is 2.38. The van der Waals surface area contributed by atoms with E-state index in [0.717, 1.165) is 38.9 Å². The lowest BCUT2D eigenvalue weighted by atomic mass is 9.73. The van der Waals surface area contributed by atoms with Gasteiger partial charge in [-0.3, -0.25) is 4.79 Å². The van der Waals surface area contributed by atoms with Gasteiger partial charge in [-0.1, -0.05) is 5.16 Å². The van der Waals surface area contributed by atoms with Crippen LogP contribution in [0.5, 0.6) is 0 Å². The van der Waals surface area contributed by atoms with Crippen molar-refractivity contribution < 1.29 is 14.1 Å². The Balaban J connectivity index is 1.62. The Morgan fingerprint density at radius 2 is 2.18 bits per heavy atom. The lowest BCUT2D eigenvalue weighted by Gasteiger charge is -2.44. The van der Waals surface area contributed by atoms with E-state index in [0.29, 0.717) is 37.7 Å². The van der Waals surface area contributed by atoms with Crippen LogP contribution in [0.15, 0.2) is 4.52 Å². The summed E-state index contributed by atoms with van der Waals surface area (Å²) in [7, 11) is 1.64. The SMILES string of the molecule is COCCc1nc(CN2CC3(CCNCC3)CCC2=O)no1. The van der Waals surface area contributed by atoms with Gasteiger partial charge in [0.2, 0.25) is 11.8 Å². The minimum atomic E-state index is 0.201. The third kappa shape index (κ3) is 3.47. The predicted octanol–water partition coefficient (Wildman–Crippen LogP) is 0.751. The van der Waals surface area contributed by atoms with E-state index in [9.17, 15) is 4.79 Å². The zero-order valence-corrected chi connectivity index (χ0v) is 13.1. The summed E-state index contributed by atoms with van der Waals surface area (Å²) < 4.78 is 10.2. The first kappa shape index (κ1) is 15.4.